The summed E-state index contributed by atoms with van der Waals surface area (Å²) in [5, 5.41) is 16.3. The van der Waals surface area contributed by atoms with Gasteiger partial charge < -0.3 is 11.5 Å². The second kappa shape index (κ2) is 7.12. The van der Waals surface area contributed by atoms with Crippen molar-refractivity contribution in [3.8, 4) is 6.07 Å². The summed E-state index contributed by atoms with van der Waals surface area (Å²) in [6, 6.07) is 2.26. The van der Waals surface area contributed by atoms with Crippen LogP contribution in [0.15, 0.2) is 4.99 Å². The van der Waals surface area contributed by atoms with E-state index in [0.29, 0.717) is 0 Å². The lowest BCUT2D eigenvalue weighted by Crippen LogP contribution is -2.23. The van der Waals surface area contributed by atoms with Gasteiger partial charge >= 0.3 is 0 Å². The molecule has 0 amide bonds. The van der Waals surface area contributed by atoms with Crippen LogP contribution in [0.3, 0.4) is 0 Å². The van der Waals surface area contributed by atoms with Crippen LogP contribution in [-0.4, -0.2) is 16.9 Å². The highest BCUT2D eigenvalue weighted by Crippen LogP contribution is 2.22. The number of unbranched alkanes of at least 4 members (excludes halogenated alkanes) is 1. The molecule has 0 bridgehead atoms. The van der Waals surface area contributed by atoms with Crippen molar-refractivity contribution in [2.75, 3.05) is 5.75 Å². The second-order valence-corrected chi connectivity index (χ2v) is 5.23. The first-order chi connectivity index (χ1) is 7.37. The smallest absolute Gasteiger partial charge is 0.193 e. The van der Waals surface area contributed by atoms with Crippen LogP contribution in [0.2, 0.25) is 0 Å². The highest BCUT2D eigenvalue weighted by Gasteiger charge is 2.15. The van der Waals surface area contributed by atoms with E-state index in [2.05, 4.69) is 11.1 Å². The van der Waals surface area contributed by atoms with Crippen molar-refractivity contribution in [1.82, 2.24) is 0 Å². The van der Waals surface area contributed by atoms with Crippen LogP contribution in [0.4, 0.5) is 0 Å². The molecule has 0 spiro atoms. The van der Waals surface area contributed by atoms with Gasteiger partial charge in [0.15, 0.2) is 11.1 Å². The summed E-state index contributed by atoms with van der Waals surface area (Å²) >= 11 is 1.32. The molecule has 0 atom stereocenters. The number of nitrogens with zero attached hydrogens (tertiary/aromatic N) is 2. The van der Waals surface area contributed by atoms with Gasteiger partial charge in [-0.05, 0) is 26.7 Å². The van der Waals surface area contributed by atoms with Gasteiger partial charge in [-0.1, -0.05) is 18.2 Å². The molecule has 0 rings (SSSR count). The lowest BCUT2D eigenvalue weighted by Gasteiger charge is -2.13. The molecule has 0 aliphatic rings. The zero-order valence-corrected chi connectivity index (χ0v) is 10.6. The topological polar surface area (TPSA) is 112 Å². The van der Waals surface area contributed by atoms with E-state index in [9.17, 15) is 0 Å². The molecule has 0 aliphatic heterocycles. The van der Waals surface area contributed by atoms with Crippen LogP contribution >= 0.6 is 11.8 Å². The Morgan fingerprint density at radius 3 is 2.56 bits per heavy atom. The number of hydrogen-bond donors (Lipinski definition) is 3. The van der Waals surface area contributed by atoms with E-state index < -0.39 is 0 Å². The lowest BCUT2D eigenvalue weighted by atomic mass is 9.89. The molecular weight excluding hydrogens is 222 g/mol. The van der Waals surface area contributed by atoms with Crippen molar-refractivity contribution in [3.63, 3.8) is 0 Å². The largest absolute Gasteiger partial charge is 0.370 e. The summed E-state index contributed by atoms with van der Waals surface area (Å²) in [5.41, 5.74) is 10.0. The van der Waals surface area contributed by atoms with Crippen molar-refractivity contribution in [2.45, 2.75) is 33.1 Å². The third-order valence-corrected chi connectivity index (χ3v) is 2.83. The van der Waals surface area contributed by atoms with Crippen LogP contribution in [0, 0.1) is 22.2 Å². The maximum absolute atomic E-state index is 8.80. The number of aliphatic imine (C=N–C) groups is 1. The number of nitrogens with two attached hydrogens (primary N) is 2. The molecule has 0 aromatic carbocycles. The minimum atomic E-state index is -0.252. The lowest BCUT2D eigenvalue weighted by molar-refractivity contribution is 0.433. The van der Waals surface area contributed by atoms with Gasteiger partial charge in [-0.2, -0.15) is 10.3 Å². The molecule has 0 heterocycles. The molecule has 0 radical (unpaired) electrons. The summed E-state index contributed by atoms with van der Waals surface area (Å²) in [7, 11) is 0. The predicted molar refractivity (Wildman–Crippen MR) is 69.2 cm³/mol. The van der Waals surface area contributed by atoms with Gasteiger partial charge in [0, 0.05) is 5.75 Å². The fourth-order valence-corrected chi connectivity index (χ4v) is 1.76. The Hall–Kier alpha value is -1.22. The Morgan fingerprint density at radius 2 is 2.06 bits per heavy atom. The van der Waals surface area contributed by atoms with Crippen molar-refractivity contribution in [3.05, 3.63) is 0 Å². The molecule has 0 saturated heterocycles. The minimum Gasteiger partial charge on any atom is -0.370 e. The highest BCUT2D eigenvalue weighted by molar-refractivity contribution is 8.13. The van der Waals surface area contributed by atoms with Crippen LogP contribution in [-0.2, 0) is 0 Å². The molecule has 0 unspecified atom stereocenters. The summed E-state index contributed by atoms with van der Waals surface area (Å²) in [6.45, 7) is 3.86. The highest BCUT2D eigenvalue weighted by atomic mass is 32.2. The molecule has 0 aromatic rings. The maximum atomic E-state index is 8.80. The first-order valence-corrected chi connectivity index (χ1v) is 6.08. The number of amidine groups is 1. The van der Waals surface area contributed by atoms with Gasteiger partial charge in [-0.25, -0.2) is 0 Å². The van der Waals surface area contributed by atoms with Gasteiger partial charge in [0.2, 0.25) is 0 Å². The third kappa shape index (κ3) is 8.12. The van der Waals surface area contributed by atoms with E-state index in [0.717, 1.165) is 25.0 Å². The zero-order valence-electron chi connectivity index (χ0n) is 9.79. The quantitative estimate of drug-likeness (QED) is 0.386. The van der Waals surface area contributed by atoms with Crippen molar-refractivity contribution in [2.24, 2.45) is 21.9 Å². The first kappa shape index (κ1) is 14.8. The van der Waals surface area contributed by atoms with Gasteiger partial charge in [-0.3, -0.25) is 5.41 Å². The summed E-state index contributed by atoms with van der Waals surface area (Å²) in [5.74, 6) is 0.722. The Labute approximate surface area is 101 Å². The van der Waals surface area contributed by atoms with Crippen molar-refractivity contribution in [1.29, 1.82) is 10.7 Å². The summed E-state index contributed by atoms with van der Waals surface area (Å²) in [4.78, 5) is 3.61. The number of nitrogens with one attached hydrogen (secondary N) is 1. The van der Waals surface area contributed by atoms with Crippen molar-refractivity contribution >= 4 is 22.9 Å². The molecule has 16 heavy (non-hydrogen) atoms. The molecule has 6 heteroatoms. The van der Waals surface area contributed by atoms with E-state index >= 15 is 0 Å². The normalized spacial score (nSPS) is 10.6. The second-order valence-electron chi connectivity index (χ2n) is 4.14. The SMILES string of the molecule is CC(C)(C#N)CCCCSC(=N)N=C(N)N. The molecular formula is C10H19N5S. The Balaban J connectivity index is 3.60. The number of nitriles is 1. The van der Waals surface area contributed by atoms with E-state index in [1.165, 1.54) is 11.8 Å². The molecule has 0 aromatic heterocycles. The maximum Gasteiger partial charge on any atom is 0.193 e. The number of thioether (sulfide) groups is 1. The standard InChI is InChI=1S/C10H19N5S/c1-10(2,7-11)5-3-4-6-16-9(14)15-8(12)13/h3-6H2,1-2H3,(H5,12,13,14,15). The Morgan fingerprint density at radius 1 is 1.44 bits per heavy atom. The fraction of sp³-hybridized carbons (Fsp3) is 0.700. The number of rotatable bonds is 5. The van der Waals surface area contributed by atoms with E-state index in [1.54, 1.807) is 0 Å². The summed E-state index contributed by atoms with van der Waals surface area (Å²) in [6.07, 6.45) is 2.81. The van der Waals surface area contributed by atoms with Gasteiger partial charge in [0.25, 0.3) is 0 Å². The number of hydrogen-bond acceptors (Lipinski definition) is 3. The van der Waals surface area contributed by atoms with Crippen LogP contribution in [0.5, 0.6) is 0 Å². The van der Waals surface area contributed by atoms with Gasteiger partial charge in [-0.15, -0.1) is 0 Å². The van der Waals surface area contributed by atoms with E-state index in [1.807, 2.05) is 13.8 Å². The van der Waals surface area contributed by atoms with Crippen molar-refractivity contribution < 1.29 is 0 Å². The monoisotopic (exact) mass is 241 g/mol. The Bertz CT molecular complexity index is 299. The zero-order chi connectivity index (χ0) is 12.6. The average Bonchev–Trinajstić information content (AvgIpc) is 2.16. The molecule has 90 valence electrons. The first-order valence-electron chi connectivity index (χ1n) is 5.09. The average molecular weight is 241 g/mol. The fourth-order valence-electron chi connectivity index (χ4n) is 1.04. The molecule has 0 fully saturated rings. The van der Waals surface area contributed by atoms with Crippen LogP contribution < -0.4 is 11.5 Å². The molecule has 0 aliphatic carbocycles. The summed E-state index contributed by atoms with van der Waals surface area (Å²) < 4.78 is 0. The minimum absolute atomic E-state index is 0.0805. The van der Waals surface area contributed by atoms with Crippen LogP contribution in [0.25, 0.3) is 0 Å². The third-order valence-electron chi connectivity index (χ3n) is 1.97. The Kier molecular flexibility index (Phi) is 6.58. The number of guanidine groups is 1. The molecule has 0 saturated carbocycles. The van der Waals surface area contributed by atoms with Crippen LogP contribution in [0.1, 0.15) is 33.1 Å². The molecule has 5 nitrogen and oxygen atoms in total. The van der Waals surface area contributed by atoms with E-state index in [-0.39, 0.29) is 16.5 Å². The van der Waals surface area contributed by atoms with Gasteiger partial charge in [0.1, 0.15) is 0 Å². The van der Waals surface area contributed by atoms with E-state index in [4.69, 9.17) is 22.1 Å². The predicted octanol–water partition coefficient (Wildman–Crippen LogP) is 1.65. The van der Waals surface area contributed by atoms with Gasteiger partial charge in [0.05, 0.1) is 11.5 Å². The molecule has 5 N–H and O–H groups in total.